The minimum atomic E-state index is -3.52. The van der Waals surface area contributed by atoms with Gasteiger partial charge in [-0.1, -0.05) is 6.92 Å². The lowest BCUT2D eigenvalue weighted by Crippen LogP contribution is -2.24. The highest BCUT2D eigenvalue weighted by molar-refractivity contribution is 7.89. The van der Waals surface area contributed by atoms with Crippen molar-refractivity contribution >= 4 is 21.6 Å². The van der Waals surface area contributed by atoms with Crippen LogP contribution in [0.1, 0.15) is 29.3 Å². The molecule has 0 aromatic heterocycles. The predicted molar refractivity (Wildman–Crippen MR) is 91.0 cm³/mol. The maximum absolute atomic E-state index is 12.1. The van der Waals surface area contributed by atoms with Crippen molar-refractivity contribution in [2.24, 2.45) is 0 Å². The summed E-state index contributed by atoms with van der Waals surface area (Å²) < 4.78 is 26.4. The maximum Gasteiger partial charge on any atom is 0.255 e. The summed E-state index contributed by atoms with van der Waals surface area (Å²) >= 11 is 0. The predicted octanol–water partition coefficient (Wildman–Crippen LogP) is 2.50. The molecule has 0 unspecified atom stereocenters. The highest BCUT2D eigenvalue weighted by Crippen LogP contribution is 2.15. The smallest absolute Gasteiger partial charge is 0.255 e. The van der Waals surface area contributed by atoms with Crippen LogP contribution in [0.2, 0.25) is 0 Å². The summed E-state index contributed by atoms with van der Waals surface area (Å²) in [6.45, 7) is 2.25. The average molecular weight is 343 g/mol. The molecule has 0 saturated heterocycles. The zero-order chi connectivity index (χ0) is 17.6. The second kappa shape index (κ2) is 7.73. The monoisotopic (exact) mass is 343 g/mol. The van der Waals surface area contributed by atoms with E-state index in [0.717, 1.165) is 0 Å². The van der Waals surface area contributed by atoms with Crippen molar-refractivity contribution in [2.45, 2.75) is 18.2 Å². The van der Waals surface area contributed by atoms with Crippen LogP contribution in [0, 0.1) is 11.3 Å². The zero-order valence-electron chi connectivity index (χ0n) is 13.1. The Kier molecular flexibility index (Phi) is 5.68. The molecule has 0 aliphatic carbocycles. The number of carbonyl (C=O) groups is 1. The lowest BCUT2D eigenvalue weighted by molar-refractivity contribution is 0.102. The molecule has 0 aliphatic heterocycles. The molecule has 124 valence electrons. The average Bonchev–Trinajstić information content (AvgIpc) is 2.60. The van der Waals surface area contributed by atoms with E-state index in [0.29, 0.717) is 29.8 Å². The van der Waals surface area contributed by atoms with E-state index in [9.17, 15) is 13.2 Å². The SMILES string of the molecule is CCCNS(=O)(=O)c1ccc(NC(=O)c2ccc(C#N)cc2)cc1. The molecule has 0 bridgehead atoms. The molecule has 0 spiro atoms. The van der Waals surface area contributed by atoms with Crippen molar-refractivity contribution in [3.05, 3.63) is 59.7 Å². The third-order valence-corrected chi connectivity index (χ3v) is 4.72. The number of hydrogen-bond donors (Lipinski definition) is 2. The van der Waals surface area contributed by atoms with Crippen LogP contribution in [0.25, 0.3) is 0 Å². The molecule has 7 heteroatoms. The molecular formula is C17H17N3O3S. The molecule has 6 nitrogen and oxygen atoms in total. The Balaban J connectivity index is 2.08. The van der Waals surface area contributed by atoms with Crippen LogP contribution in [-0.4, -0.2) is 20.9 Å². The van der Waals surface area contributed by atoms with E-state index < -0.39 is 10.0 Å². The van der Waals surface area contributed by atoms with Crippen LogP contribution in [0.15, 0.2) is 53.4 Å². The fourth-order valence-electron chi connectivity index (χ4n) is 1.94. The summed E-state index contributed by atoms with van der Waals surface area (Å²) in [6, 6.07) is 14.1. The highest BCUT2D eigenvalue weighted by Gasteiger charge is 2.13. The second-order valence-corrected chi connectivity index (χ2v) is 6.83. The van der Waals surface area contributed by atoms with Crippen LogP contribution in [-0.2, 0) is 10.0 Å². The molecule has 0 fully saturated rings. The number of rotatable bonds is 6. The fourth-order valence-corrected chi connectivity index (χ4v) is 3.07. The largest absolute Gasteiger partial charge is 0.322 e. The van der Waals surface area contributed by atoms with Gasteiger partial charge in [-0.3, -0.25) is 4.79 Å². The first-order valence-electron chi connectivity index (χ1n) is 7.37. The molecule has 0 aliphatic rings. The first-order valence-corrected chi connectivity index (χ1v) is 8.86. The molecule has 2 rings (SSSR count). The molecule has 0 atom stereocenters. The van der Waals surface area contributed by atoms with Gasteiger partial charge in [-0.2, -0.15) is 5.26 Å². The molecular weight excluding hydrogens is 326 g/mol. The lowest BCUT2D eigenvalue weighted by Gasteiger charge is -2.08. The van der Waals surface area contributed by atoms with Gasteiger partial charge < -0.3 is 5.32 Å². The van der Waals surface area contributed by atoms with Gasteiger partial charge in [0.1, 0.15) is 0 Å². The molecule has 0 saturated carbocycles. The van der Waals surface area contributed by atoms with Gasteiger partial charge in [-0.15, -0.1) is 0 Å². The number of carbonyl (C=O) groups excluding carboxylic acids is 1. The van der Waals surface area contributed by atoms with Crippen LogP contribution in [0.3, 0.4) is 0 Å². The van der Waals surface area contributed by atoms with Gasteiger partial charge in [0.05, 0.1) is 16.5 Å². The highest BCUT2D eigenvalue weighted by atomic mass is 32.2. The first-order chi connectivity index (χ1) is 11.5. The summed E-state index contributed by atoms with van der Waals surface area (Å²) in [5, 5.41) is 11.4. The maximum atomic E-state index is 12.1. The normalized spacial score (nSPS) is 10.8. The fraction of sp³-hybridized carbons (Fsp3) is 0.176. The third kappa shape index (κ3) is 4.41. The Morgan fingerprint density at radius 3 is 2.25 bits per heavy atom. The number of hydrogen-bond acceptors (Lipinski definition) is 4. The van der Waals surface area contributed by atoms with E-state index in [1.165, 1.54) is 24.3 Å². The number of nitrogens with zero attached hydrogens (tertiary/aromatic N) is 1. The topological polar surface area (TPSA) is 99.1 Å². The number of sulfonamides is 1. The summed E-state index contributed by atoms with van der Waals surface area (Å²) in [5.74, 6) is -0.334. The van der Waals surface area contributed by atoms with Gasteiger partial charge in [0.25, 0.3) is 5.91 Å². The van der Waals surface area contributed by atoms with Crippen molar-refractivity contribution < 1.29 is 13.2 Å². The quantitative estimate of drug-likeness (QED) is 0.842. The number of amides is 1. The molecule has 0 heterocycles. The van der Waals surface area contributed by atoms with Crippen LogP contribution in [0.4, 0.5) is 5.69 Å². The molecule has 2 aromatic rings. The van der Waals surface area contributed by atoms with E-state index in [4.69, 9.17) is 5.26 Å². The molecule has 1 amide bonds. The summed E-state index contributed by atoms with van der Waals surface area (Å²) in [6.07, 6.45) is 0.706. The zero-order valence-corrected chi connectivity index (χ0v) is 13.9. The summed E-state index contributed by atoms with van der Waals surface area (Å²) in [7, 11) is -3.52. The molecule has 24 heavy (non-hydrogen) atoms. The van der Waals surface area contributed by atoms with Crippen LogP contribution < -0.4 is 10.0 Å². The number of anilines is 1. The Hall–Kier alpha value is -2.69. The summed E-state index contributed by atoms with van der Waals surface area (Å²) in [4.78, 5) is 12.3. The van der Waals surface area contributed by atoms with Gasteiger partial charge in [0.15, 0.2) is 0 Å². The molecule has 2 N–H and O–H groups in total. The number of nitriles is 1. The van der Waals surface area contributed by atoms with Gasteiger partial charge in [-0.25, -0.2) is 13.1 Å². The number of benzene rings is 2. The van der Waals surface area contributed by atoms with Gasteiger partial charge in [0.2, 0.25) is 10.0 Å². The third-order valence-electron chi connectivity index (χ3n) is 3.24. The van der Waals surface area contributed by atoms with E-state index in [2.05, 4.69) is 10.0 Å². The van der Waals surface area contributed by atoms with E-state index in [-0.39, 0.29) is 10.8 Å². The summed E-state index contributed by atoms with van der Waals surface area (Å²) in [5.41, 5.74) is 1.37. The van der Waals surface area contributed by atoms with Crippen molar-refractivity contribution in [1.29, 1.82) is 5.26 Å². The van der Waals surface area contributed by atoms with E-state index in [1.807, 2.05) is 13.0 Å². The second-order valence-electron chi connectivity index (χ2n) is 5.07. The Morgan fingerprint density at radius 2 is 1.71 bits per heavy atom. The standard InChI is InChI=1S/C17H17N3O3S/c1-2-11-19-24(22,23)16-9-7-15(8-10-16)20-17(21)14-5-3-13(12-18)4-6-14/h3-10,19H,2,11H2,1H3,(H,20,21). The van der Waals surface area contributed by atoms with Gasteiger partial charge in [0, 0.05) is 17.8 Å². The van der Waals surface area contributed by atoms with E-state index >= 15 is 0 Å². The first kappa shape index (κ1) is 17.7. The van der Waals surface area contributed by atoms with Crippen LogP contribution in [0.5, 0.6) is 0 Å². The van der Waals surface area contributed by atoms with Gasteiger partial charge in [-0.05, 0) is 55.0 Å². The van der Waals surface area contributed by atoms with Crippen molar-refractivity contribution in [2.75, 3.05) is 11.9 Å². The minimum absolute atomic E-state index is 0.146. The van der Waals surface area contributed by atoms with Crippen LogP contribution >= 0.6 is 0 Å². The van der Waals surface area contributed by atoms with Crippen molar-refractivity contribution in [3.8, 4) is 6.07 Å². The Labute approximate surface area is 141 Å². The minimum Gasteiger partial charge on any atom is -0.322 e. The lowest BCUT2D eigenvalue weighted by atomic mass is 10.1. The van der Waals surface area contributed by atoms with Gasteiger partial charge >= 0.3 is 0 Å². The number of nitrogens with one attached hydrogen (secondary N) is 2. The Morgan fingerprint density at radius 1 is 1.08 bits per heavy atom. The Bertz CT molecular complexity index is 851. The molecule has 0 radical (unpaired) electrons. The van der Waals surface area contributed by atoms with Crippen molar-refractivity contribution in [3.63, 3.8) is 0 Å². The molecule has 2 aromatic carbocycles. The van der Waals surface area contributed by atoms with Crippen molar-refractivity contribution in [1.82, 2.24) is 4.72 Å². The van der Waals surface area contributed by atoms with E-state index in [1.54, 1.807) is 24.3 Å².